The van der Waals surface area contributed by atoms with Crippen LogP contribution in [0.1, 0.15) is 48.3 Å². The number of ether oxygens (including phenoxy) is 1. The van der Waals surface area contributed by atoms with Gasteiger partial charge in [0.2, 0.25) is 0 Å². The summed E-state index contributed by atoms with van der Waals surface area (Å²) >= 11 is 13.8. The van der Waals surface area contributed by atoms with Gasteiger partial charge in [-0.25, -0.2) is 4.39 Å². The number of nitro benzene ring substituents is 1. The monoisotopic (exact) mass is 679 g/mol. The lowest BCUT2D eigenvalue weighted by Gasteiger charge is -2.19. The molecule has 8 nitrogen and oxygen atoms in total. The van der Waals surface area contributed by atoms with Gasteiger partial charge in [0.15, 0.2) is 5.75 Å². The van der Waals surface area contributed by atoms with Crippen LogP contribution in [0.25, 0.3) is 11.3 Å². The van der Waals surface area contributed by atoms with Crippen LogP contribution in [0, 0.1) is 28.8 Å². The molecule has 0 radical (unpaired) electrons. The normalized spacial score (nSPS) is 14.0. The Morgan fingerprint density at radius 1 is 1.21 bits per heavy atom. The summed E-state index contributed by atoms with van der Waals surface area (Å²) in [5, 5.41) is 21.5. The zero-order valence-electron chi connectivity index (χ0n) is 21.4. The second-order valence-electron chi connectivity index (χ2n) is 9.76. The molecule has 12 heteroatoms. The molecule has 4 aromatic rings. The van der Waals surface area contributed by atoms with Crippen molar-refractivity contribution in [3.8, 4) is 17.0 Å². The van der Waals surface area contributed by atoms with Crippen LogP contribution in [-0.4, -0.2) is 24.5 Å². The van der Waals surface area contributed by atoms with E-state index < -0.39 is 16.8 Å². The summed E-state index contributed by atoms with van der Waals surface area (Å²) in [5.74, 6) is 0.269. The number of rotatable bonds is 9. The standard InChI is InChI=1S/C27H25Br2ClFN5O3/c1-14-20(26(29)35(32-14)13-16-4-5-16)12-22-25(33-34(3)27(22)30)19-8-7-18(31)11-21(19)15(2)39-24-10-17(28)6-9-23(24)36(37)38/h6-11,15-16H,4-5,12-13H2,1-3H3/t15-/m1/s1. The number of aryl methyl sites for hydroxylation is 2. The van der Waals surface area contributed by atoms with Gasteiger partial charge in [0, 0.05) is 58.9 Å². The zero-order valence-corrected chi connectivity index (χ0v) is 25.3. The maximum absolute atomic E-state index is 14.5. The molecule has 0 unspecified atom stereocenters. The fraction of sp³-hybridized carbons (Fsp3) is 0.333. The molecule has 2 aromatic carbocycles. The quantitative estimate of drug-likeness (QED) is 0.132. The van der Waals surface area contributed by atoms with Gasteiger partial charge in [-0.05, 0) is 72.8 Å². The van der Waals surface area contributed by atoms with E-state index in [-0.39, 0.29) is 11.4 Å². The first kappa shape index (κ1) is 27.8. The molecule has 2 heterocycles. The van der Waals surface area contributed by atoms with Crippen molar-refractivity contribution < 1.29 is 14.1 Å². The second kappa shape index (κ2) is 11.0. The molecule has 1 saturated carbocycles. The Labute approximate surface area is 246 Å². The van der Waals surface area contributed by atoms with E-state index in [1.54, 1.807) is 30.8 Å². The number of nitrogens with zero attached hydrogens (tertiary/aromatic N) is 5. The fourth-order valence-corrected chi connectivity index (χ4v) is 5.81. The van der Waals surface area contributed by atoms with Crippen LogP contribution in [0.15, 0.2) is 45.5 Å². The molecule has 39 heavy (non-hydrogen) atoms. The predicted octanol–water partition coefficient (Wildman–Crippen LogP) is 7.96. The topological polar surface area (TPSA) is 88.0 Å². The highest BCUT2D eigenvalue weighted by Gasteiger charge is 2.28. The van der Waals surface area contributed by atoms with Crippen molar-refractivity contribution in [3.05, 3.63) is 88.9 Å². The minimum atomic E-state index is -0.743. The first-order valence-electron chi connectivity index (χ1n) is 12.4. The van der Waals surface area contributed by atoms with Crippen LogP contribution in [-0.2, 0) is 20.0 Å². The smallest absolute Gasteiger partial charge is 0.311 e. The predicted molar refractivity (Wildman–Crippen MR) is 154 cm³/mol. The highest BCUT2D eigenvalue weighted by atomic mass is 79.9. The van der Waals surface area contributed by atoms with E-state index in [0.717, 1.165) is 28.0 Å². The number of hydrogen-bond donors (Lipinski definition) is 0. The fourth-order valence-electron chi connectivity index (χ4n) is 4.63. The molecule has 1 aliphatic rings. The molecule has 0 spiro atoms. The Morgan fingerprint density at radius 3 is 2.64 bits per heavy atom. The lowest BCUT2D eigenvalue weighted by molar-refractivity contribution is -0.386. The van der Waals surface area contributed by atoms with Crippen molar-refractivity contribution in [2.45, 2.75) is 45.8 Å². The van der Waals surface area contributed by atoms with E-state index in [1.807, 2.05) is 11.6 Å². The summed E-state index contributed by atoms with van der Waals surface area (Å²) < 4.78 is 25.7. The van der Waals surface area contributed by atoms with Crippen molar-refractivity contribution >= 4 is 49.1 Å². The number of nitro groups is 1. The molecule has 1 atom stereocenters. The molecule has 5 rings (SSSR count). The van der Waals surface area contributed by atoms with E-state index in [2.05, 4.69) is 37.0 Å². The van der Waals surface area contributed by atoms with E-state index >= 15 is 0 Å². The Balaban J connectivity index is 1.55. The Bertz CT molecular complexity index is 1580. The van der Waals surface area contributed by atoms with Crippen LogP contribution in [0.2, 0.25) is 5.15 Å². The van der Waals surface area contributed by atoms with Gasteiger partial charge in [-0.2, -0.15) is 10.2 Å². The third kappa shape index (κ3) is 5.76. The molecule has 2 aromatic heterocycles. The molecule has 204 valence electrons. The van der Waals surface area contributed by atoms with Gasteiger partial charge in [0.25, 0.3) is 0 Å². The van der Waals surface area contributed by atoms with Crippen molar-refractivity contribution in [2.24, 2.45) is 13.0 Å². The maximum atomic E-state index is 14.5. The highest BCUT2D eigenvalue weighted by Crippen LogP contribution is 2.40. The van der Waals surface area contributed by atoms with Gasteiger partial charge in [-0.3, -0.25) is 19.5 Å². The van der Waals surface area contributed by atoms with Gasteiger partial charge in [-0.15, -0.1) is 0 Å². The summed E-state index contributed by atoms with van der Waals surface area (Å²) in [6.45, 7) is 4.56. The average Bonchev–Trinajstić information content (AvgIpc) is 3.60. The van der Waals surface area contributed by atoms with Gasteiger partial charge in [-0.1, -0.05) is 27.5 Å². The molecule has 1 aliphatic carbocycles. The van der Waals surface area contributed by atoms with Crippen molar-refractivity contribution in [1.29, 1.82) is 0 Å². The molecule has 0 N–H and O–H groups in total. The van der Waals surface area contributed by atoms with Gasteiger partial charge in [0.05, 0.1) is 16.3 Å². The molecule has 0 aliphatic heterocycles. The summed E-state index contributed by atoms with van der Waals surface area (Å²) in [4.78, 5) is 11.1. The summed E-state index contributed by atoms with van der Waals surface area (Å²) in [6.07, 6.45) is 2.15. The summed E-state index contributed by atoms with van der Waals surface area (Å²) in [7, 11) is 1.75. The molecule has 0 saturated heterocycles. The van der Waals surface area contributed by atoms with Gasteiger partial charge < -0.3 is 4.74 Å². The average molecular weight is 682 g/mol. The number of halogens is 4. The van der Waals surface area contributed by atoms with Crippen LogP contribution >= 0.6 is 43.5 Å². The molecular weight excluding hydrogens is 657 g/mol. The van der Waals surface area contributed by atoms with Crippen molar-refractivity contribution in [2.75, 3.05) is 0 Å². The third-order valence-electron chi connectivity index (χ3n) is 6.86. The second-order valence-corrected chi connectivity index (χ2v) is 11.8. The largest absolute Gasteiger partial charge is 0.479 e. The van der Waals surface area contributed by atoms with Crippen LogP contribution < -0.4 is 4.74 Å². The first-order chi connectivity index (χ1) is 18.5. The molecule has 0 bridgehead atoms. The molecule has 1 fully saturated rings. The Kier molecular flexibility index (Phi) is 7.85. The zero-order chi connectivity index (χ0) is 28.0. The number of benzene rings is 2. The lowest BCUT2D eigenvalue weighted by atomic mass is 9.96. The minimum Gasteiger partial charge on any atom is -0.479 e. The number of aromatic nitrogens is 4. The summed E-state index contributed by atoms with van der Waals surface area (Å²) in [5.41, 5.74) is 4.17. The third-order valence-corrected chi connectivity index (χ3v) is 8.72. The van der Waals surface area contributed by atoms with Crippen LogP contribution in [0.3, 0.4) is 0 Å². The van der Waals surface area contributed by atoms with Crippen LogP contribution in [0.4, 0.5) is 10.1 Å². The van der Waals surface area contributed by atoms with Gasteiger partial charge in [0.1, 0.15) is 21.7 Å². The summed E-state index contributed by atoms with van der Waals surface area (Å²) in [6, 6.07) is 8.81. The highest BCUT2D eigenvalue weighted by molar-refractivity contribution is 9.10. The van der Waals surface area contributed by atoms with Crippen LogP contribution in [0.5, 0.6) is 5.75 Å². The Morgan fingerprint density at radius 2 is 1.95 bits per heavy atom. The van der Waals surface area contributed by atoms with E-state index in [1.165, 1.54) is 37.1 Å². The van der Waals surface area contributed by atoms with Crippen molar-refractivity contribution in [1.82, 2.24) is 19.6 Å². The maximum Gasteiger partial charge on any atom is 0.311 e. The minimum absolute atomic E-state index is 0.0685. The molecular formula is C27H25Br2ClFN5O3. The van der Waals surface area contributed by atoms with E-state index in [0.29, 0.717) is 38.8 Å². The number of hydrogen-bond acceptors (Lipinski definition) is 5. The van der Waals surface area contributed by atoms with Crippen molar-refractivity contribution in [3.63, 3.8) is 0 Å². The van der Waals surface area contributed by atoms with E-state index in [4.69, 9.17) is 21.4 Å². The first-order valence-corrected chi connectivity index (χ1v) is 14.3. The van der Waals surface area contributed by atoms with Gasteiger partial charge >= 0.3 is 5.69 Å². The Hall–Kier alpha value is -2.76. The van der Waals surface area contributed by atoms with E-state index in [9.17, 15) is 14.5 Å². The molecule has 0 amide bonds. The SMILES string of the molecule is Cc1nn(CC2CC2)c(Br)c1Cc1c(-c2ccc(F)cc2[C@@H](C)Oc2cc(Br)ccc2[N+](=O)[O-])nn(C)c1Cl. The lowest BCUT2D eigenvalue weighted by Crippen LogP contribution is -2.08.